The molecule has 0 aliphatic carbocycles. The lowest BCUT2D eigenvalue weighted by atomic mass is 10.1. The predicted molar refractivity (Wildman–Crippen MR) is 67.6 cm³/mol. The number of rotatable bonds is 3. The molecule has 0 amide bonds. The van der Waals surface area contributed by atoms with E-state index in [9.17, 15) is 0 Å². The van der Waals surface area contributed by atoms with Gasteiger partial charge in [0.1, 0.15) is 5.82 Å². The van der Waals surface area contributed by atoms with Crippen LogP contribution in [0.1, 0.15) is 6.42 Å². The fourth-order valence-electron chi connectivity index (χ4n) is 2.01. The number of hydrogen-bond donors (Lipinski definition) is 2. The van der Waals surface area contributed by atoms with Crippen LogP contribution in [0.2, 0.25) is 0 Å². The van der Waals surface area contributed by atoms with Gasteiger partial charge >= 0.3 is 0 Å². The van der Waals surface area contributed by atoms with E-state index in [1.807, 2.05) is 18.3 Å². The van der Waals surface area contributed by atoms with Gasteiger partial charge in [-0.25, -0.2) is 4.98 Å². The maximum Gasteiger partial charge on any atom is 0.128 e. The molecule has 4 nitrogen and oxygen atoms in total. The fraction of sp³-hybridized carbons (Fsp3) is 0.545. The SMILES string of the molecule is OCCC1CNCCN1c1ccc(Br)cn1. The fourth-order valence-corrected chi connectivity index (χ4v) is 2.24. The van der Waals surface area contributed by atoms with Gasteiger partial charge in [0.05, 0.1) is 0 Å². The van der Waals surface area contributed by atoms with E-state index in [1.165, 1.54) is 0 Å². The molecule has 88 valence electrons. The highest BCUT2D eigenvalue weighted by Gasteiger charge is 2.22. The number of hydrogen-bond acceptors (Lipinski definition) is 4. The molecule has 0 bridgehead atoms. The summed E-state index contributed by atoms with van der Waals surface area (Å²) < 4.78 is 0.991. The number of aliphatic hydroxyl groups excluding tert-OH is 1. The molecule has 0 aromatic carbocycles. The molecule has 0 radical (unpaired) electrons. The number of nitrogens with zero attached hydrogens (tertiary/aromatic N) is 2. The zero-order valence-electron chi connectivity index (χ0n) is 9.06. The van der Waals surface area contributed by atoms with Crippen molar-refractivity contribution in [2.24, 2.45) is 0 Å². The molecular formula is C11H16BrN3O. The first-order chi connectivity index (χ1) is 7.81. The van der Waals surface area contributed by atoms with E-state index in [1.54, 1.807) is 0 Å². The molecule has 2 heterocycles. The Morgan fingerprint density at radius 1 is 1.56 bits per heavy atom. The van der Waals surface area contributed by atoms with Crippen LogP contribution in [0.25, 0.3) is 0 Å². The molecule has 2 N–H and O–H groups in total. The first-order valence-corrected chi connectivity index (χ1v) is 6.30. The van der Waals surface area contributed by atoms with Crippen LogP contribution in [0.3, 0.4) is 0 Å². The van der Waals surface area contributed by atoms with Crippen LogP contribution in [0, 0.1) is 0 Å². The Balaban J connectivity index is 2.13. The summed E-state index contributed by atoms with van der Waals surface area (Å²) in [5.41, 5.74) is 0. The second kappa shape index (κ2) is 5.61. The molecule has 5 heteroatoms. The summed E-state index contributed by atoms with van der Waals surface area (Å²) in [6.45, 7) is 3.05. The lowest BCUT2D eigenvalue weighted by Crippen LogP contribution is -2.52. The average molecular weight is 286 g/mol. The van der Waals surface area contributed by atoms with E-state index >= 15 is 0 Å². The van der Waals surface area contributed by atoms with Crippen LogP contribution >= 0.6 is 15.9 Å². The van der Waals surface area contributed by atoms with Crippen molar-refractivity contribution in [2.45, 2.75) is 12.5 Å². The number of halogens is 1. The Morgan fingerprint density at radius 3 is 3.12 bits per heavy atom. The number of anilines is 1. The van der Waals surface area contributed by atoms with E-state index in [2.05, 4.69) is 31.1 Å². The second-order valence-corrected chi connectivity index (χ2v) is 4.81. The number of pyridine rings is 1. The van der Waals surface area contributed by atoms with E-state index in [4.69, 9.17) is 5.11 Å². The van der Waals surface area contributed by atoms with E-state index in [0.29, 0.717) is 6.04 Å². The number of nitrogens with one attached hydrogen (secondary N) is 1. The predicted octanol–water partition coefficient (Wildman–Crippen LogP) is 1.00. The molecule has 0 saturated carbocycles. The van der Waals surface area contributed by atoms with E-state index < -0.39 is 0 Å². The minimum absolute atomic E-state index is 0.222. The molecule has 1 unspecified atom stereocenters. The number of aliphatic hydroxyl groups is 1. The van der Waals surface area contributed by atoms with Crippen molar-refractivity contribution >= 4 is 21.7 Å². The Labute approximate surface area is 104 Å². The highest BCUT2D eigenvalue weighted by atomic mass is 79.9. The van der Waals surface area contributed by atoms with Gasteiger partial charge in [-0.05, 0) is 34.5 Å². The quantitative estimate of drug-likeness (QED) is 0.870. The molecule has 1 aromatic heterocycles. The summed E-state index contributed by atoms with van der Waals surface area (Å²) in [4.78, 5) is 6.67. The Kier molecular flexibility index (Phi) is 4.15. The van der Waals surface area contributed by atoms with Gasteiger partial charge in [0.25, 0.3) is 0 Å². The third kappa shape index (κ3) is 2.72. The van der Waals surface area contributed by atoms with Gasteiger partial charge in [-0.1, -0.05) is 0 Å². The first kappa shape index (κ1) is 11.8. The Hall–Kier alpha value is -0.650. The van der Waals surface area contributed by atoms with Gasteiger partial charge in [-0.2, -0.15) is 0 Å². The molecule has 1 aliphatic heterocycles. The zero-order chi connectivity index (χ0) is 11.4. The number of aromatic nitrogens is 1. The van der Waals surface area contributed by atoms with Crippen LogP contribution < -0.4 is 10.2 Å². The maximum atomic E-state index is 9.04. The van der Waals surface area contributed by atoms with E-state index in [0.717, 1.165) is 36.3 Å². The molecule has 1 atom stereocenters. The molecule has 1 aromatic rings. The first-order valence-electron chi connectivity index (χ1n) is 5.51. The monoisotopic (exact) mass is 285 g/mol. The van der Waals surface area contributed by atoms with Gasteiger partial charge in [-0.3, -0.25) is 0 Å². The lowest BCUT2D eigenvalue weighted by Gasteiger charge is -2.36. The van der Waals surface area contributed by atoms with Crippen LogP contribution in [-0.2, 0) is 0 Å². The van der Waals surface area contributed by atoms with Crippen molar-refractivity contribution in [1.82, 2.24) is 10.3 Å². The highest BCUT2D eigenvalue weighted by molar-refractivity contribution is 9.10. The Morgan fingerprint density at radius 2 is 2.44 bits per heavy atom. The van der Waals surface area contributed by atoms with E-state index in [-0.39, 0.29) is 6.61 Å². The summed E-state index contributed by atoms with van der Waals surface area (Å²) in [6.07, 6.45) is 2.60. The van der Waals surface area contributed by atoms with Crippen LogP contribution in [-0.4, -0.2) is 42.4 Å². The van der Waals surface area contributed by atoms with Gasteiger partial charge < -0.3 is 15.3 Å². The smallest absolute Gasteiger partial charge is 0.128 e. The summed E-state index contributed by atoms with van der Waals surface area (Å²) in [7, 11) is 0. The molecule has 1 aliphatic rings. The summed E-state index contributed by atoms with van der Waals surface area (Å²) in [5.74, 6) is 0.989. The molecule has 2 rings (SSSR count). The van der Waals surface area contributed by atoms with Crippen molar-refractivity contribution in [2.75, 3.05) is 31.1 Å². The molecule has 0 spiro atoms. The van der Waals surface area contributed by atoms with Crippen molar-refractivity contribution < 1.29 is 5.11 Å². The van der Waals surface area contributed by atoms with Crippen molar-refractivity contribution in [3.8, 4) is 0 Å². The van der Waals surface area contributed by atoms with Gasteiger partial charge in [0.15, 0.2) is 0 Å². The van der Waals surface area contributed by atoms with Crippen molar-refractivity contribution in [1.29, 1.82) is 0 Å². The minimum Gasteiger partial charge on any atom is -0.396 e. The standard InChI is InChI=1S/C11H16BrN3O/c12-9-1-2-11(14-7-9)15-5-4-13-8-10(15)3-6-16/h1-2,7,10,13,16H,3-6,8H2. The lowest BCUT2D eigenvalue weighted by molar-refractivity contribution is 0.265. The normalized spacial score (nSPS) is 21.1. The van der Waals surface area contributed by atoms with Gasteiger partial charge in [0.2, 0.25) is 0 Å². The van der Waals surface area contributed by atoms with Gasteiger partial charge in [0, 0.05) is 43.0 Å². The maximum absolute atomic E-state index is 9.04. The molecular weight excluding hydrogens is 270 g/mol. The third-order valence-electron chi connectivity index (χ3n) is 2.82. The van der Waals surface area contributed by atoms with Gasteiger partial charge in [-0.15, -0.1) is 0 Å². The van der Waals surface area contributed by atoms with Crippen molar-refractivity contribution in [3.63, 3.8) is 0 Å². The molecule has 1 fully saturated rings. The molecule has 16 heavy (non-hydrogen) atoms. The molecule has 1 saturated heterocycles. The number of piperazine rings is 1. The summed E-state index contributed by atoms with van der Waals surface area (Å²) in [5, 5.41) is 12.4. The third-order valence-corrected chi connectivity index (χ3v) is 3.29. The minimum atomic E-state index is 0.222. The van der Waals surface area contributed by atoms with Crippen LogP contribution in [0.15, 0.2) is 22.8 Å². The summed E-state index contributed by atoms with van der Waals surface area (Å²) in [6, 6.07) is 4.35. The Bertz CT molecular complexity index is 329. The zero-order valence-corrected chi connectivity index (χ0v) is 10.7. The second-order valence-electron chi connectivity index (χ2n) is 3.90. The highest BCUT2D eigenvalue weighted by Crippen LogP contribution is 2.19. The summed E-state index contributed by atoms with van der Waals surface area (Å²) >= 11 is 3.38. The van der Waals surface area contributed by atoms with Crippen molar-refractivity contribution in [3.05, 3.63) is 22.8 Å². The largest absolute Gasteiger partial charge is 0.396 e. The average Bonchev–Trinajstić information content (AvgIpc) is 2.32. The van der Waals surface area contributed by atoms with Crippen LogP contribution in [0.4, 0.5) is 5.82 Å². The van der Waals surface area contributed by atoms with Crippen LogP contribution in [0.5, 0.6) is 0 Å². The topological polar surface area (TPSA) is 48.4 Å².